The van der Waals surface area contributed by atoms with Crippen molar-refractivity contribution < 1.29 is 44.9 Å². The molecule has 0 aliphatic heterocycles. The van der Waals surface area contributed by atoms with Crippen molar-refractivity contribution >= 4 is 20.2 Å². The summed E-state index contributed by atoms with van der Waals surface area (Å²) < 4.78 is 77.8. The second kappa shape index (κ2) is 21.2. The highest BCUT2D eigenvalue weighted by atomic mass is 32.2. The maximum absolute atomic E-state index is 13.3. The fourth-order valence-corrected chi connectivity index (χ4v) is 10.9. The third-order valence-corrected chi connectivity index (χ3v) is 16.4. The minimum absolute atomic E-state index is 0.0556. The van der Waals surface area contributed by atoms with E-state index >= 15 is 0 Å². The topological polar surface area (TPSA) is 146 Å². The summed E-state index contributed by atoms with van der Waals surface area (Å²) >= 11 is 0. The number of hydrogen-bond donors (Lipinski definition) is 2. The predicted molar refractivity (Wildman–Crippen MR) is 295 cm³/mol. The summed E-state index contributed by atoms with van der Waals surface area (Å²) in [6, 6.07) is 29.7. The van der Waals surface area contributed by atoms with Crippen LogP contribution in [0.25, 0.3) is 0 Å². The molecule has 74 heavy (non-hydrogen) atoms. The second-order valence-electron chi connectivity index (χ2n) is 24.1. The van der Waals surface area contributed by atoms with Crippen LogP contribution in [-0.4, -0.2) is 53.5 Å². The van der Waals surface area contributed by atoms with E-state index in [1.807, 2.05) is 13.8 Å². The zero-order chi connectivity index (χ0) is 54.3. The minimum Gasteiger partial charge on any atom is -0.507 e. The zero-order valence-electron chi connectivity index (χ0n) is 45.9. The zero-order valence-corrected chi connectivity index (χ0v) is 47.5. The van der Waals surface area contributed by atoms with E-state index in [0.717, 1.165) is 55.6 Å². The smallest absolute Gasteiger partial charge is 0.297 e. The quantitative estimate of drug-likeness (QED) is 0.0896. The van der Waals surface area contributed by atoms with Gasteiger partial charge in [-0.3, -0.25) is 8.37 Å². The average molecular weight is 1050 g/mol. The van der Waals surface area contributed by atoms with Crippen LogP contribution in [-0.2, 0) is 75.9 Å². The number of rotatable bonds is 12. The van der Waals surface area contributed by atoms with Gasteiger partial charge in [0.2, 0.25) is 0 Å². The van der Waals surface area contributed by atoms with E-state index in [1.54, 1.807) is 24.3 Å². The monoisotopic (exact) mass is 1040 g/mol. The van der Waals surface area contributed by atoms with Crippen LogP contribution >= 0.6 is 0 Å². The van der Waals surface area contributed by atoms with E-state index in [9.17, 15) is 27.0 Å². The molecular weight excluding hydrogens is 969 g/mol. The molecule has 7 rings (SSSR count). The molecule has 8 bridgehead atoms. The van der Waals surface area contributed by atoms with Gasteiger partial charge >= 0.3 is 0 Å². The van der Waals surface area contributed by atoms with Crippen LogP contribution in [0.2, 0.25) is 0 Å². The van der Waals surface area contributed by atoms with Crippen molar-refractivity contribution in [3.8, 4) is 23.0 Å². The van der Waals surface area contributed by atoms with E-state index < -0.39 is 20.2 Å². The van der Waals surface area contributed by atoms with Crippen LogP contribution in [0.4, 0.5) is 0 Å². The van der Waals surface area contributed by atoms with Gasteiger partial charge in [0.05, 0.1) is 9.79 Å². The molecule has 2 N–H and O–H groups in total. The summed E-state index contributed by atoms with van der Waals surface area (Å²) in [5.74, 6) is 1.27. The van der Waals surface area contributed by atoms with Crippen molar-refractivity contribution in [2.75, 3.05) is 26.4 Å². The molecule has 0 radical (unpaired) electrons. The first-order chi connectivity index (χ1) is 34.3. The largest absolute Gasteiger partial charge is 0.507 e. The number of hydrogen-bond acceptors (Lipinski definition) is 10. The van der Waals surface area contributed by atoms with Gasteiger partial charge in [0.1, 0.15) is 49.4 Å². The maximum Gasteiger partial charge on any atom is 0.297 e. The second-order valence-corrected chi connectivity index (χ2v) is 27.3. The van der Waals surface area contributed by atoms with E-state index in [-0.39, 0.29) is 95.1 Å². The molecule has 10 nitrogen and oxygen atoms in total. The third-order valence-electron chi connectivity index (χ3n) is 13.8. The van der Waals surface area contributed by atoms with Crippen LogP contribution in [0.1, 0.15) is 161 Å². The summed E-state index contributed by atoms with van der Waals surface area (Å²) in [7, 11) is -8.16. The van der Waals surface area contributed by atoms with Gasteiger partial charge in [0.25, 0.3) is 20.2 Å². The molecule has 12 heteroatoms. The molecule has 0 aromatic heterocycles. The third kappa shape index (κ3) is 13.2. The van der Waals surface area contributed by atoms with Gasteiger partial charge < -0.3 is 19.7 Å². The SMILES string of the molecule is Cc1ccc(S(=O)(=O)OCCOc2c3cc(C(C)(C)C)cc2Cc2cc(C(C)(C)C)cc(c2O)Cc2cc(C(C)(C)C)cc(c2OCCOS(=O)(=O)c2ccc(C)cc2)Cc2cc(C(C)(C)C)cc(c2O)C3)cc1. The number of phenols is 2. The first kappa shape index (κ1) is 56.1. The molecule has 0 fully saturated rings. The summed E-state index contributed by atoms with van der Waals surface area (Å²) in [4.78, 5) is 0.111. The standard InChI is InChI=1S/C62H76O10S2/c1-39-15-19-53(20-16-39)73(65,66)71-25-23-69-57-45-27-41-31-49(59(3,4)5)33-43(55(41)63)29-47-37-52(62(12,13)14)38-48(58(47)70-24-26-72-74(67,68)54-21-17-40(2)18-22-54)30-44-34-50(60(6,7)8)32-42(56(44)64)28-46(57)36-51(35-45)61(9,10)11/h15-22,31-38,63-64H,23-30H2,1-14H3. The van der Waals surface area contributed by atoms with Crippen molar-refractivity contribution in [1.82, 2.24) is 0 Å². The minimum atomic E-state index is -4.08. The Kier molecular flexibility index (Phi) is 16.0. The Morgan fingerprint density at radius 2 is 0.608 bits per heavy atom. The average Bonchev–Trinajstić information content (AvgIpc) is 3.28. The first-order valence-corrected chi connectivity index (χ1v) is 28.3. The fourth-order valence-electron chi connectivity index (χ4n) is 9.14. The Hall–Kier alpha value is -5.66. The van der Waals surface area contributed by atoms with Gasteiger partial charge in [-0.15, -0.1) is 0 Å². The highest BCUT2D eigenvalue weighted by Crippen LogP contribution is 2.44. The van der Waals surface area contributed by atoms with E-state index in [1.165, 1.54) is 24.3 Å². The lowest BCUT2D eigenvalue weighted by atomic mass is 9.79. The van der Waals surface area contributed by atoms with E-state index in [0.29, 0.717) is 33.8 Å². The summed E-state index contributed by atoms with van der Waals surface area (Å²) in [5, 5.41) is 25.3. The Morgan fingerprint density at radius 3 is 0.838 bits per heavy atom. The fraction of sp³-hybridized carbons (Fsp3) is 0.419. The first-order valence-electron chi connectivity index (χ1n) is 25.5. The Bertz CT molecular complexity index is 2940. The van der Waals surface area contributed by atoms with Crippen LogP contribution in [0.15, 0.2) is 107 Å². The normalized spacial score (nSPS) is 13.7. The van der Waals surface area contributed by atoms with Crippen molar-refractivity contribution in [1.29, 1.82) is 0 Å². The molecule has 0 saturated carbocycles. The number of fused-ring (bicyclic) bond motifs is 8. The molecule has 0 saturated heterocycles. The van der Waals surface area contributed by atoms with Gasteiger partial charge in [-0.25, -0.2) is 0 Å². The Morgan fingerprint density at radius 1 is 0.378 bits per heavy atom. The highest BCUT2D eigenvalue weighted by molar-refractivity contribution is 7.87. The van der Waals surface area contributed by atoms with E-state index in [2.05, 4.69) is 132 Å². The molecule has 1 aliphatic carbocycles. The van der Waals surface area contributed by atoms with Crippen molar-refractivity contribution in [2.45, 2.75) is 154 Å². The van der Waals surface area contributed by atoms with Crippen molar-refractivity contribution in [2.24, 2.45) is 0 Å². The lowest BCUT2D eigenvalue weighted by Crippen LogP contribution is -2.18. The molecule has 6 aromatic carbocycles. The molecule has 6 aromatic rings. The number of aryl methyl sites for hydroxylation is 2. The van der Waals surface area contributed by atoms with Gasteiger partial charge in [-0.1, -0.05) is 167 Å². The predicted octanol–water partition coefficient (Wildman–Crippen LogP) is 13.1. The Labute approximate surface area is 441 Å². The van der Waals surface area contributed by atoms with Crippen LogP contribution in [0.5, 0.6) is 23.0 Å². The van der Waals surface area contributed by atoms with Crippen LogP contribution in [0.3, 0.4) is 0 Å². The lowest BCUT2D eigenvalue weighted by molar-refractivity contribution is 0.218. The molecular formula is C62H76O10S2. The summed E-state index contributed by atoms with van der Waals surface area (Å²) in [5.41, 5.74) is 10.4. The van der Waals surface area contributed by atoms with Crippen molar-refractivity contribution in [3.63, 3.8) is 0 Å². The van der Waals surface area contributed by atoms with Gasteiger partial charge in [0.15, 0.2) is 0 Å². The van der Waals surface area contributed by atoms with Gasteiger partial charge in [0, 0.05) is 25.7 Å². The van der Waals surface area contributed by atoms with Crippen LogP contribution < -0.4 is 9.47 Å². The molecule has 0 heterocycles. The molecule has 1 aliphatic rings. The number of phenolic OH excluding ortho intramolecular Hbond substituents is 2. The van der Waals surface area contributed by atoms with Crippen LogP contribution in [0, 0.1) is 13.8 Å². The molecule has 0 amide bonds. The number of benzene rings is 6. The van der Waals surface area contributed by atoms with Gasteiger partial charge in [-0.05, 0) is 127 Å². The molecule has 0 unspecified atom stereocenters. The molecule has 0 atom stereocenters. The summed E-state index contributed by atoms with van der Waals surface area (Å²) in [6.07, 6.45) is 1.00. The lowest BCUT2D eigenvalue weighted by Gasteiger charge is -2.28. The number of ether oxygens (including phenoxy) is 2. The number of aromatic hydroxyl groups is 2. The van der Waals surface area contributed by atoms with E-state index in [4.69, 9.17) is 17.8 Å². The Balaban J connectivity index is 1.43. The molecule has 0 spiro atoms. The highest BCUT2D eigenvalue weighted by Gasteiger charge is 2.29. The summed E-state index contributed by atoms with van der Waals surface area (Å²) in [6.45, 7) is 28.8. The van der Waals surface area contributed by atoms with Gasteiger partial charge in [-0.2, -0.15) is 16.8 Å². The maximum atomic E-state index is 13.3. The molecule has 396 valence electrons. The van der Waals surface area contributed by atoms with Crippen molar-refractivity contribution in [3.05, 3.63) is 175 Å².